The molecule has 1 spiro atoms. The molecule has 9 aromatic rings. The molecule has 246 valence electrons. The highest BCUT2D eigenvalue weighted by Gasteiger charge is 2.44. The van der Waals surface area contributed by atoms with Gasteiger partial charge in [-0.3, -0.25) is 0 Å². The van der Waals surface area contributed by atoms with Crippen LogP contribution in [0.1, 0.15) is 48.8 Å². The zero-order valence-corrected chi connectivity index (χ0v) is 28.3. The summed E-state index contributed by atoms with van der Waals surface area (Å²) in [6.07, 6.45) is 5.77. The van der Waals surface area contributed by atoms with Gasteiger partial charge in [-0.25, -0.2) is 9.97 Å². The van der Waals surface area contributed by atoms with E-state index in [1.165, 1.54) is 41.5 Å². The van der Waals surface area contributed by atoms with E-state index in [0.717, 1.165) is 90.4 Å². The predicted octanol–water partition coefficient (Wildman–Crippen LogP) is 12.4. The first kappa shape index (κ1) is 29.2. The van der Waals surface area contributed by atoms with Gasteiger partial charge in [-0.15, -0.1) is 0 Å². The molecule has 2 aliphatic rings. The molecule has 0 N–H and O–H groups in total. The second kappa shape index (κ2) is 11.0. The van der Waals surface area contributed by atoms with Gasteiger partial charge in [0.2, 0.25) is 0 Å². The minimum Gasteiger partial charge on any atom is -0.456 e. The normalized spacial score (nSPS) is 14.7. The maximum absolute atomic E-state index is 9.82. The third-order valence-corrected chi connectivity index (χ3v) is 11.5. The van der Waals surface area contributed by atoms with Crippen molar-refractivity contribution in [2.24, 2.45) is 0 Å². The molecule has 6 aromatic carbocycles. The Kier molecular flexibility index (Phi) is 6.18. The molecule has 0 saturated heterocycles. The van der Waals surface area contributed by atoms with Crippen LogP contribution in [0, 0.1) is 11.3 Å². The molecule has 0 amide bonds. The lowest BCUT2D eigenvalue weighted by molar-refractivity contribution is 0.353. The number of rotatable bonds is 3. The highest BCUT2D eigenvalue weighted by atomic mass is 16.3. The van der Waals surface area contributed by atoms with Gasteiger partial charge >= 0.3 is 0 Å². The Morgan fingerprint density at radius 2 is 1.04 bits per heavy atom. The number of para-hydroxylation sites is 2. The molecule has 3 heterocycles. The van der Waals surface area contributed by atoms with Crippen molar-refractivity contribution >= 4 is 43.9 Å². The molecule has 0 unspecified atom stereocenters. The summed E-state index contributed by atoms with van der Waals surface area (Å²) in [5.74, 6) is 0.634. The topological polar surface area (TPSA) is 75.8 Å². The average Bonchev–Trinajstić information content (AvgIpc) is 3.85. The van der Waals surface area contributed by atoms with Crippen LogP contribution in [0.2, 0.25) is 0 Å². The lowest BCUT2D eigenvalue weighted by atomic mass is 9.67. The fourth-order valence-corrected chi connectivity index (χ4v) is 9.04. The molecule has 5 heteroatoms. The molecular formula is C47H31N3O2. The van der Waals surface area contributed by atoms with E-state index < -0.39 is 0 Å². The van der Waals surface area contributed by atoms with E-state index in [1.807, 2.05) is 42.5 Å². The second-order valence-corrected chi connectivity index (χ2v) is 14.4. The molecule has 0 bridgehead atoms. The van der Waals surface area contributed by atoms with Crippen LogP contribution in [0.25, 0.3) is 88.9 Å². The number of nitrogens with zero attached hydrogens (tertiary/aromatic N) is 3. The fraction of sp³-hybridized carbons (Fsp3) is 0.128. The van der Waals surface area contributed by atoms with Crippen LogP contribution >= 0.6 is 0 Å². The van der Waals surface area contributed by atoms with Crippen LogP contribution in [-0.4, -0.2) is 9.97 Å². The molecule has 11 rings (SSSR count). The number of fused-ring (bicyclic) bond motifs is 11. The Bertz CT molecular complexity index is 2840. The van der Waals surface area contributed by atoms with Crippen molar-refractivity contribution in [3.05, 3.63) is 144 Å². The number of hydrogen-bond donors (Lipinski definition) is 0. The van der Waals surface area contributed by atoms with Crippen molar-refractivity contribution in [2.45, 2.75) is 37.5 Å². The summed E-state index contributed by atoms with van der Waals surface area (Å²) in [5.41, 5.74) is 13.8. The summed E-state index contributed by atoms with van der Waals surface area (Å²) in [5, 5.41) is 14.2. The van der Waals surface area contributed by atoms with E-state index in [4.69, 9.17) is 18.8 Å². The summed E-state index contributed by atoms with van der Waals surface area (Å²) < 4.78 is 12.6. The van der Waals surface area contributed by atoms with E-state index in [2.05, 4.69) is 91.0 Å². The van der Waals surface area contributed by atoms with E-state index in [0.29, 0.717) is 5.82 Å². The molecular weight excluding hydrogens is 639 g/mol. The molecule has 1 saturated carbocycles. The first-order chi connectivity index (χ1) is 25.6. The van der Waals surface area contributed by atoms with Gasteiger partial charge in [0.15, 0.2) is 5.82 Å². The van der Waals surface area contributed by atoms with Crippen LogP contribution in [0.3, 0.4) is 0 Å². The quantitative estimate of drug-likeness (QED) is 0.187. The van der Waals surface area contributed by atoms with Gasteiger partial charge in [0, 0.05) is 43.7 Å². The van der Waals surface area contributed by atoms with Crippen molar-refractivity contribution in [3.8, 4) is 51.1 Å². The van der Waals surface area contributed by atoms with E-state index in [1.54, 1.807) is 0 Å². The molecule has 0 atom stereocenters. The SMILES string of the molecule is N#Cc1ccc2c(c1)C1(CCCCC1)c1cc(-c3cc(-c4ccc5c(c4)oc4ccccc45)nc(-c4ccc5c(c4)oc4ccccc45)n3)ccc1-2. The largest absolute Gasteiger partial charge is 0.456 e. The smallest absolute Gasteiger partial charge is 0.160 e. The molecule has 3 aromatic heterocycles. The molecule has 5 nitrogen and oxygen atoms in total. The average molecular weight is 670 g/mol. The van der Waals surface area contributed by atoms with Crippen molar-refractivity contribution in [3.63, 3.8) is 0 Å². The summed E-state index contributed by atoms with van der Waals surface area (Å²) >= 11 is 0. The van der Waals surface area contributed by atoms with E-state index >= 15 is 0 Å². The number of hydrogen-bond acceptors (Lipinski definition) is 5. The van der Waals surface area contributed by atoms with Gasteiger partial charge in [-0.2, -0.15) is 5.26 Å². The first-order valence-electron chi connectivity index (χ1n) is 18.1. The lowest BCUT2D eigenvalue weighted by Gasteiger charge is -2.36. The van der Waals surface area contributed by atoms with Crippen LogP contribution in [-0.2, 0) is 5.41 Å². The predicted molar refractivity (Wildman–Crippen MR) is 207 cm³/mol. The zero-order chi connectivity index (χ0) is 34.4. The van der Waals surface area contributed by atoms with Crippen LogP contribution in [0.15, 0.2) is 136 Å². The van der Waals surface area contributed by atoms with Gasteiger partial charge in [0.1, 0.15) is 22.3 Å². The second-order valence-electron chi connectivity index (χ2n) is 14.4. The van der Waals surface area contributed by atoms with Gasteiger partial charge < -0.3 is 8.83 Å². The fourth-order valence-electron chi connectivity index (χ4n) is 9.04. The molecule has 1 fully saturated rings. The van der Waals surface area contributed by atoms with Crippen LogP contribution < -0.4 is 0 Å². The molecule has 0 aliphatic heterocycles. The Morgan fingerprint density at radius 3 is 1.71 bits per heavy atom. The van der Waals surface area contributed by atoms with Crippen LogP contribution in [0.5, 0.6) is 0 Å². The minimum atomic E-state index is -0.0941. The number of benzene rings is 6. The van der Waals surface area contributed by atoms with Crippen LogP contribution in [0.4, 0.5) is 0 Å². The summed E-state index contributed by atoms with van der Waals surface area (Å²) in [7, 11) is 0. The Morgan fingerprint density at radius 1 is 0.500 bits per heavy atom. The van der Waals surface area contributed by atoms with E-state index in [9.17, 15) is 5.26 Å². The monoisotopic (exact) mass is 669 g/mol. The number of furan rings is 2. The lowest BCUT2D eigenvalue weighted by Crippen LogP contribution is -2.28. The van der Waals surface area contributed by atoms with Gasteiger partial charge in [-0.05, 0) is 95.8 Å². The summed E-state index contributed by atoms with van der Waals surface area (Å²) in [6, 6.07) is 46.5. The highest BCUT2D eigenvalue weighted by Crippen LogP contribution is 2.56. The van der Waals surface area contributed by atoms with Gasteiger partial charge in [0.25, 0.3) is 0 Å². The Labute approximate surface area is 299 Å². The molecule has 0 radical (unpaired) electrons. The third kappa shape index (κ3) is 4.28. The summed E-state index contributed by atoms with van der Waals surface area (Å²) in [6.45, 7) is 0. The molecule has 52 heavy (non-hydrogen) atoms. The highest BCUT2D eigenvalue weighted by molar-refractivity contribution is 6.07. The Balaban J connectivity index is 1.11. The van der Waals surface area contributed by atoms with Gasteiger partial charge in [0.05, 0.1) is 23.0 Å². The maximum atomic E-state index is 9.82. The summed E-state index contributed by atoms with van der Waals surface area (Å²) in [4.78, 5) is 10.5. The first-order valence-corrected chi connectivity index (χ1v) is 18.1. The van der Waals surface area contributed by atoms with Crippen molar-refractivity contribution < 1.29 is 8.83 Å². The molecule has 2 aliphatic carbocycles. The number of nitriles is 1. The minimum absolute atomic E-state index is 0.0941. The Hall–Kier alpha value is -6.51. The third-order valence-electron chi connectivity index (χ3n) is 11.5. The maximum Gasteiger partial charge on any atom is 0.160 e. The van der Waals surface area contributed by atoms with Gasteiger partial charge in [-0.1, -0.05) is 86.0 Å². The van der Waals surface area contributed by atoms with Crippen molar-refractivity contribution in [2.75, 3.05) is 0 Å². The standard InChI is InChI=1S/C47H31N3O2/c48-27-28-12-16-32-33-17-13-29(23-39(33)47(38(32)22-28)20-6-1-7-21-47)40-26-41(30-14-18-36-34-8-2-4-10-42(34)51-44(36)24-30)50-46(49-40)31-15-19-37-35-9-3-5-11-43(35)52-45(37)25-31/h2-5,8-19,22-26H,1,6-7,20-21H2. The van der Waals surface area contributed by atoms with Crippen molar-refractivity contribution in [1.82, 2.24) is 9.97 Å². The van der Waals surface area contributed by atoms with E-state index in [-0.39, 0.29) is 5.41 Å². The zero-order valence-electron chi connectivity index (χ0n) is 28.3. The van der Waals surface area contributed by atoms with Crippen molar-refractivity contribution in [1.29, 1.82) is 5.26 Å². The number of aromatic nitrogens is 2.